The van der Waals surface area contributed by atoms with E-state index in [1.165, 1.54) is 14.7 Å². The zero-order chi connectivity index (χ0) is 18.5. The van der Waals surface area contributed by atoms with E-state index in [0.29, 0.717) is 13.1 Å². The lowest BCUT2D eigenvalue weighted by Gasteiger charge is -2.45. The third-order valence-corrected chi connectivity index (χ3v) is 7.87. The first-order valence-electron chi connectivity index (χ1n) is 8.22. The van der Waals surface area contributed by atoms with Gasteiger partial charge in [0, 0.05) is 37.1 Å². The molecule has 0 amide bonds. The molecule has 0 spiro atoms. The molecule has 0 bridgehead atoms. The Bertz CT molecular complexity index is 901. The molecule has 4 nitrogen and oxygen atoms in total. The quantitative estimate of drug-likeness (QED) is 0.792. The first-order valence-corrected chi connectivity index (χ1v) is 10.5. The Balaban J connectivity index is 1.42. The van der Waals surface area contributed by atoms with Gasteiger partial charge in [0.1, 0.15) is 0 Å². The number of sulfonamides is 1. The summed E-state index contributed by atoms with van der Waals surface area (Å²) in [5.74, 6) is 0. The van der Waals surface area contributed by atoms with Crippen LogP contribution < -0.4 is 0 Å². The van der Waals surface area contributed by atoms with Crippen molar-refractivity contribution in [2.75, 3.05) is 19.6 Å². The molecule has 1 aromatic carbocycles. The van der Waals surface area contributed by atoms with E-state index in [-0.39, 0.29) is 10.9 Å². The van der Waals surface area contributed by atoms with Gasteiger partial charge in [-0.05, 0) is 47.7 Å². The molecule has 0 unspecified atom stereocenters. The van der Waals surface area contributed by atoms with Crippen LogP contribution in [0.15, 0.2) is 40.6 Å². The smallest absolute Gasteiger partial charge is 0.293 e. The second-order valence-electron chi connectivity index (χ2n) is 6.59. The highest BCUT2D eigenvalue weighted by atomic mass is 32.2. The number of alkyl halides is 3. The van der Waals surface area contributed by atoms with Gasteiger partial charge in [-0.15, -0.1) is 11.3 Å². The van der Waals surface area contributed by atoms with Crippen LogP contribution in [0.3, 0.4) is 0 Å². The summed E-state index contributed by atoms with van der Waals surface area (Å²) in [5.41, 5.74) is 0.461. The lowest BCUT2D eigenvalue weighted by atomic mass is 10.0. The van der Waals surface area contributed by atoms with Crippen molar-refractivity contribution in [1.29, 1.82) is 0 Å². The zero-order valence-electron chi connectivity index (χ0n) is 13.7. The van der Waals surface area contributed by atoms with Gasteiger partial charge in [-0.25, -0.2) is 8.42 Å². The number of hydrogen-bond donors (Lipinski definition) is 0. The topological polar surface area (TPSA) is 40.6 Å². The molecule has 1 fully saturated rings. The van der Waals surface area contributed by atoms with Crippen LogP contribution in [0.5, 0.6) is 0 Å². The first kappa shape index (κ1) is 18.0. The van der Waals surface area contributed by atoms with Gasteiger partial charge in [-0.1, -0.05) is 0 Å². The highest BCUT2D eigenvalue weighted by molar-refractivity contribution is 7.89. The van der Waals surface area contributed by atoms with E-state index in [9.17, 15) is 21.6 Å². The average Bonchev–Trinajstić information content (AvgIpc) is 3.00. The molecule has 0 N–H and O–H groups in total. The first-order chi connectivity index (χ1) is 12.2. The van der Waals surface area contributed by atoms with Gasteiger partial charge in [-0.3, -0.25) is 4.90 Å². The molecule has 0 saturated carbocycles. The van der Waals surface area contributed by atoms with Crippen LogP contribution in [-0.2, 0) is 29.2 Å². The predicted octanol–water partition coefficient (Wildman–Crippen LogP) is 3.20. The highest BCUT2D eigenvalue weighted by Crippen LogP contribution is 2.32. The molecule has 26 heavy (non-hydrogen) atoms. The summed E-state index contributed by atoms with van der Waals surface area (Å²) in [5, 5.41) is 2.08. The second kappa shape index (κ2) is 6.33. The van der Waals surface area contributed by atoms with Crippen LogP contribution in [0.2, 0.25) is 0 Å². The van der Waals surface area contributed by atoms with Crippen LogP contribution >= 0.6 is 11.3 Å². The Labute approximate surface area is 153 Å². The number of fused-ring (bicyclic) bond motifs is 1. The Hall–Kier alpha value is -1.42. The minimum atomic E-state index is -4.47. The average molecular weight is 402 g/mol. The summed E-state index contributed by atoms with van der Waals surface area (Å²) in [6, 6.07) is 5.96. The third-order valence-electron chi connectivity index (χ3n) is 5.00. The molecule has 0 radical (unpaired) electrons. The Morgan fingerprint density at radius 2 is 1.77 bits per heavy atom. The maximum Gasteiger partial charge on any atom is 0.416 e. The van der Waals surface area contributed by atoms with Crippen molar-refractivity contribution in [2.45, 2.75) is 30.1 Å². The van der Waals surface area contributed by atoms with Crippen molar-refractivity contribution in [2.24, 2.45) is 0 Å². The van der Waals surface area contributed by atoms with Gasteiger partial charge in [-0.2, -0.15) is 17.5 Å². The van der Waals surface area contributed by atoms with E-state index in [2.05, 4.69) is 16.3 Å². The Kier molecular flexibility index (Phi) is 4.37. The molecule has 1 saturated heterocycles. The molecular formula is C17H17F3N2O2S2. The van der Waals surface area contributed by atoms with E-state index >= 15 is 0 Å². The molecule has 2 aliphatic rings. The van der Waals surface area contributed by atoms with Crippen LogP contribution in [0, 0.1) is 0 Å². The number of hydrogen-bond acceptors (Lipinski definition) is 4. The highest BCUT2D eigenvalue weighted by Gasteiger charge is 2.40. The Morgan fingerprint density at radius 3 is 2.42 bits per heavy atom. The number of nitrogens with zero attached hydrogens (tertiary/aromatic N) is 2. The Morgan fingerprint density at radius 1 is 1.08 bits per heavy atom. The molecule has 1 aromatic heterocycles. The van der Waals surface area contributed by atoms with Crippen molar-refractivity contribution in [3.63, 3.8) is 0 Å². The standard InChI is InChI=1S/C17H17F3N2O2S2/c18-17(19,20)13-1-3-15(4-2-13)26(23,24)22-10-14(11-22)21-7-5-16-12(9-21)6-8-25-16/h1-4,6,8,14H,5,7,9-11H2. The van der Waals surface area contributed by atoms with Crippen LogP contribution in [0.4, 0.5) is 13.2 Å². The van der Waals surface area contributed by atoms with Gasteiger partial charge >= 0.3 is 6.18 Å². The lowest BCUT2D eigenvalue weighted by molar-refractivity contribution is -0.137. The minimum Gasteiger partial charge on any atom is -0.293 e. The fourth-order valence-corrected chi connectivity index (χ4v) is 5.80. The number of benzene rings is 1. The van der Waals surface area contributed by atoms with E-state index in [4.69, 9.17) is 0 Å². The summed E-state index contributed by atoms with van der Waals surface area (Å²) >= 11 is 1.76. The molecule has 2 aromatic rings. The van der Waals surface area contributed by atoms with Crippen molar-refractivity contribution >= 4 is 21.4 Å². The normalized spacial score (nSPS) is 20.0. The van der Waals surface area contributed by atoms with E-state index in [1.54, 1.807) is 11.3 Å². The largest absolute Gasteiger partial charge is 0.416 e. The van der Waals surface area contributed by atoms with Crippen molar-refractivity contribution < 1.29 is 21.6 Å². The molecular weight excluding hydrogens is 385 g/mol. The maximum atomic E-state index is 12.6. The summed E-state index contributed by atoms with van der Waals surface area (Å²) in [6.07, 6.45) is -3.49. The molecule has 140 valence electrons. The SMILES string of the molecule is O=S(=O)(c1ccc(C(F)(F)F)cc1)N1CC(N2CCc3sccc3C2)C1. The lowest BCUT2D eigenvalue weighted by Crippen LogP contribution is -2.61. The number of rotatable bonds is 3. The summed E-state index contributed by atoms with van der Waals surface area (Å²) < 4.78 is 64.4. The maximum absolute atomic E-state index is 12.6. The summed E-state index contributed by atoms with van der Waals surface area (Å²) in [7, 11) is -3.74. The zero-order valence-corrected chi connectivity index (χ0v) is 15.4. The molecule has 4 rings (SSSR count). The van der Waals surface area contributed by atoms with Crippen molar-refractivity contribution in [3.05, 3.63) is 51.7 Å². The van der Waals surface area contributed by atoms with Gasteiger partial charge < -0.3 is 0 Å². The van der Waals surface area contributed by atoms with E-state index in [0.717, 1.165) is 43.8 Å². The summed E-state index contributed by atoms with van der Waals surface area (Å²) in [4.78, 5) is 3.59. The molecule has 9 heteroatoms. The summed E-state index contributed by atoms with van der Waals surface area (Å²) in [6.45, 7) is 2.50. The predicted molar refractivity (Wildman–Crippen MR) is 92.4 cm³/mol. The van der Waals surface area contributed by atoms with Crippen LogP contribution in [0.1, 0.15) is 16.0 Å². The minimum absolute atomic E-state index is 0.0947. The van der Waals surface area contributed by atoms with Crippen molar-refractivity contribution in [1.82, 2.24) is 9.21 Å². The van der Waals surface area contributed by atoms with Gasteiger partial charge in [0.05, 0.1) is 10.5 Å². The molecule has 2 aliphatic heterocycles. The third kappa shape index (κ3) is 3.17. The molecule has 0 aliphatic carbocycles. The van der Waals surface area contributed by atoms with Crippen LogP contribution in [0.25, 0.3) is 0 Å². The van der Waals surface area contributed by atoms with Gasteiger partial charge in [0.15, 0.2) is 0 Å². The fraction of sp³-hybridized carbons (Fsp3) is 0.412. The number of thiophene rings is 1. The second-order valence-corrected chi connectivity index (χ2v) is 9.53. The van der Waals surface area contributed by atoms with Gasteiger partial charge in [0.2, 0.25) is 10.0 Å². The number of halogens is 3. The fourth-order valence-electron chi connectivity index (χ4n) is 3.39. The van der Waals surface area contributed by atoms with Gasteiger partial charge in [0.25, 0.3) is 0 Å². The molecule has 3 heterocycles. The van der Waals surface area contributed by atoms with E-state index < -0.39 is 21.8 Å². The molecule has 0 atom stereocenters. The monoisotopic (exact) mass is 402 g/mol. The van der Waals surface area contributed by atoms with E-state index in [1.807, 2.05) is 0 Å². The van der Waals surface area contributed by atoms with Crippen LogP contribution in [-0.4, -0.2) is 43.3 Å². The van der Waals surface area contributed by atoms with Crippen molar-refractivity contribution in [3.8, 4) is 0 Å².